The van der Waals surface area contributed by atoms with Crippen LogP contribution in [0.15, 0.2) is 12.3 Å². The highest BCUT2D eigenvalue weighted by atomic mass is 16.4. The van der Waals surface area contributed by atoms with Gasteiger partial charge in [0.05, 0.1) is 6.42 Å². The van der Waals surface area contributed by atoms with Crippen molar-refractivity contribution in [2.75, 3.05) is 19.6 Å². The second-order valence-electron chi connectivity index (χ2n) is 4.80. The summed E-state index contributed by atoms with van der Waals surface area (Å²) in [5.74, 6) is -0.707. The molecule has 2 rings (SSSR count). The number of aryl methyl sites for hydroxylation is 1. The molecule has 7 nitrogen and oxygen atoms in total. The van der Waals surface area contributed by atoms with Gasteiger partial charge in [0.15, 0.2) is 0 Å². The Hall–Kier alpha value is -2.05. The number of nitrogens with zero attached hydrogens (tertiary/aromatic N) is 3. The Morgan fingerprint density at radius 2 is 2.26 bits per heavy atom. The molecule has 0 atom stereocenters. The first kappa shape index (κ1) is 13.4. The SMILES string of the molecule is Cn1nccc1CCNC(=O)N1CC(CC(=O)O)C1. The summed E-state index contributed by atoms with van der Waals surface area (Å²) >= 11 is 0. The van der Waals surface area contributed by atoms with Crippen LogP contribution in [0.5, 0.6) is 0 Å². The third-order valence-corrected chi connectivity index (χ3v) is 3.29. The Labute approximate surface area is 111 Å². The summed E-state index contributed by atoms with van der Waals surface area (Å²) in [6.07, 6.45) is 2.59. The molecule has 0 unspecified atom stereocenters. The van der Waals surface area contributed by atoms with E-state index in [1.54, 1.807) is 15.8 Å². The Balaban J connectivity index is 1.64. The molecule has 0 saturated carbocycles. The number of aromatic nitrogens is 2. The third-order valence-electron chi connectivity index (χ3n) is 3.29. The van der Waals surface area contributed by atoms with Gasteiger partial charge < -0.3 is 15.3 Å². The highest BCUT2D eigenvalue weighted by molar-refractivity contribution is 5.75. The van der Waals surface area contributed by atoms with E-state index in [1.807, 2.05) is 13.1 Å². The lowest BCUT2D eigenvalue weighted by atomic mass is 9.97. The van der Waals surface area contributed by atoms with Crippen LogP contribution in [-0.2, 0) is 18.3 Å². The average Bonchev–Trinajstić information content (AvgIpc) is 2.68. The number of likely N-dealkylation sites (tertiary alicyclic amines) is 1. The lowest BCUT2D eigenvalue weighted by Crippen LogP contribution is -2.54. The molecule has 0 radical (unpaired) electrons. The first-order chi connectivity index (χ1) is 9.06. The fraction of sp³-hybridized carbons (Fsp3) is 0.583. The van der Waals surface area contributed by atoms with Crippen molar-refractivity contribution in [3.63, 3.8) is 0 Å². The summed E-state index contributed by atoms with van der Waals surface area (Å²) in [5.41, 5.74) is 1.06. The monoisotopic (exact) mass is 266 g/mol. The van der Waals surface area contributed by atoms with Crippen LogP contribution in [0.3, 0.4) is 0 Å². The van der Waals surface area contributed by atoms with Crippen molar-refractivity contribution < 1.29 is 14.7 Å². The van der Waals surface area contributed by atoms with Gasteiger partial charge in [-0.1, -0.05) is 0 Å². The van der Waals surface area contributed by atoms with E-state index in [0.717, 1.165) is 12.1 Å². The number of carboxylic acids is 1. The van der Waals surface area contributed by atoms with Gasteiger partial charge in [0.1, 0.15) is 0 Å². The molecule has 0 spiro atoms. The molecule has 1 aliphatic heterocycles. The van der Waals surface area contributed by atoms with Crippen molar-refractivity contribution >= 4 is 12.0 Å². The minimum Gasteiger partial charge on any atom is -0.481 e. The molecule has 0 aliphatic carbocycles. The number of carbonyl (C=O) groups excluding carboxylic acids is 1. The first-order valence-electron chi connectivity index (χ1n) is 6.27. The third kappa shape index (κ3) is 3.46. The van der Waals surface area contributed by atoms with Crippen LogP contribution in [0.2, 0.25) is 0 Å². The number of urea groups is 1. The Bertz CT molecular complexity index is 465. The quantitative estimate of drug-likeness (QED) is 0.790. The van der Waals surface area contributed by atoms with Gasteiger partial charge in [0, 0.05) is 50.9 Å². The van der Waals surface area contributed by atoms with Crippen LogP contribution in [0, 0.1) is 5.92 Å². The normalized spacial score (nSPS) is 15.1. The largest absolute Gasteiger partial charge is 0.481 e. The van der Waals surface area contributed by atoms with Crippen molar-refractivity contribution in [2.24, 2.45) is 13.0 Å². The van der Waals surface area contributed by atoms with E-state index in [-0.39, 0.29) is 18.4 Å². The average molecular weight is 266 g/mol. The van der Waals surface area contributed by atoms with Gasteiger partial charge in [-0.3, -0.25) is 9.48 Å². The summed E-state index contributed by atoms with van der Waals surface area (Å²) in [5, 5.41) is 15.5. The molecule has 0 aromatic carbocycles. The highest BCUT2D eigenvalue weighted by Gasteiger charge is 2.31. The van der Waals surface area contributed by atoms with Crippen LogP contribution in [0.25, 0.3) is 0 Å². The topological polar surface area (TPSA) is 87.5 Å². The van der Waals surface area contributed by atoms with Gasteiger partial charge in [-0.2, -0.15) is 5.10 Å². The highest BCUT2D eigenvalue weighted by Crippen LogP contribution is 2.18. The van der Waals surface area contributed by atoms with Crippen LogP contribution < -0.4 is 5.32 Å². The van der Waals surface area contributed by atoms with Crippen LogP contribution in [0.1, 0.15) is 12.1 Å². The number of carbonyl (C=O) groups is 2. The number of aliphatic carboxylic acids is 1. The second-order valence-corrected chi connectivity index (χ2v) is 4.80. The molecule has 1 aliphatic rings. The molecular weight excluding hydrogens is 248 g/mol. The molecular formula is C12H18N4O3. The second kappa shape index (κ2) is 5.73. The summed E-state index contributed by atoms with van der Waals surface area (Å²) < 4.78 is 1.78. The summed E-state index contributed by atoms with van der Waals surface area (Å²) in [6, 6.07) is 1.79. The van der Waals surface area contributed by atoms with Crippen LogP contribution >= 0.6 is 0 Å². The van der Waals surface area contributed by atoms with E-state index < -0.39 is 5.97 Å². The molecule has 19 heavy (non-hydrogen) atoms. The molecule has 1 saturated heterocycles. The Morgan fingerprint density at radius 3 is 2.84 bits per heavy atom. The molecule has 1 fully saturated rings. The lowest BCUT2D eigenvalue weighted by Gasteiger charge is -2.38. The number of hydrogen-bond acceptors (Lipinski definition) is 3. The zero-order valence-corrected chi connectivity index (χ0v) is 10.9. The maximum absolute atomic E-state index is 11.7. The van der Waals surface area contributed by atoms with Gasteiger partial charge in [-0.15, -0.1) is 0 Å². The standard InChI is InChI=1S/C12H18N4O3/c1-15-10(3-5-14-15)2-4-13-12(19)16-7-9(8-16)6-11(17)18/h3,5,9H,2,4,6-8H2,1H3,(H,13,19)(H,17,18). The molecule has 2 heterocycles. The molecule has 7 heteroatoms. The zero-order valence-electron chi connectivity index (χ0n) is 10.9. The molecule has 2 N–H and O–H groups in total. The van der Waals surface area contributed by atoms with Crippen LogP contribution in [0.4, 0.5) is 4.79 Å². The molecule has 1 aromatic heterocycles. The van der Waals surface area contributed by atoms with Crippen molar-refractivity contribution in [3.8, 4) is 0 Å². The van der Waals surface area contributed by atoms with E-state index in [4.69, 9.17) is 5.11 Å². The molecule has 104 valence electrons. The fourth-order valence-electron chi connectivity index (χ4n) is 2.17. The Kier molecular flexibility index (Phi) is 4.03. The van der Waals surface area contributed by atoms with E-state index >= 15 is 0 Å². The van der Waals surface area contributed by atoms with Gasteiger partial charge in [0.2, 0.25) is 0 Å². The predicted molar refractivity (Wildman–Crippen MR) is 67.6 cm³/mol. The summed E-state index contributed by atoms with van der Waals surface area (Å²) in [6.45, 7) is 1.62. The number of hydrogen-bond donors (Lipinski definition) is 2. The van der Waals surface area contributed by atoms with Crippen molar-refractivity contribution in [1.29, 1.82) is 0 Å². The van der Waals surface area contributed by atoms with Gasteiger partial charge >= 0.3 is 12.0 Å². The summed E-state index contributed by atoms with van der Waals surface area (Å²) in [7, 11) is 1.86. The first-order valence-corrected chi connectivity index (χ1v) is 6.27. The molecule has 1 aromatic rings. The molecule has 0 bridgehead atoms. The zero-order chi connectivity index (χ0) is 13.8. The predicted octanol–water partition coefficient (Wildman–Crippen LogP) is 0.0787. The lowest BCUT2D eigenvalue weighted by molar-refractivity contribution is -0.139. The maximum Gasteiger partial charge on any atom is 0.317 e. The Morgan fingerprint density at radius 1 is 1.53 bits per heavy atom. The van der Waals surface area contributed by atoms with E-state index in [0.29, 0.717) is 19.6 Å². The fourth-order valence-corrected chi connectivity index (χ4v) is 2.17. The van der Waals surface area contributed by atoms with Gasteiger partial charge in [0.25, 0.3) is 0 Å². The van der Waals surface area contributed by atoms with Gasteiger partial charge in [-0.05, 0) is 6.07 Å². The number of rotatable bonds is 5. The molecule has 2 amide bonds. The number of amides is 2. The van der Waals surface area contributed by atoms with Crippen molar-refractivity contribution in [1.82, 2.24) is 20.0 Å². The summed E-state index contributed by atoms with van der Waals surface area (Å²) in [4.78, 5) is 23.8. The van der Waals surface area contributed by atoms with Crippen molar-refractivity contribution in [3.05, 3.63) is 18.0 Å². The van der Waals surface area contributed by atoms with Crippen molar-refractivity contribution in [2.45, 2.75) is 12.8 Å². The minimum absolute atomic E-state index is 0.0975. The smallest absolute Gasteiger partial charge is 0.317 e. The van der Waals surface area contributed by atoms with E-state index in [2.05, 4.69) is 10.4 Å². The minimum atomic E-state index is -0.804. The maximum atomic E-state index is 11.7. The van der Waals surface area contributed by atoms with Gasteiger partial charge in [-0.25, -0.2) is 4.79 Å². The van der Waals surface area contributed by atoms with E-state index in [1.165, 1.54) is 0 Å². The number of carboxylic acid groups (broad SMARTS) is 1. The number of nitrogens with one attached hydrogen (secondary N) is 1. The van der Waals surface area contributed by atoms with E-state index in [9.17, 15) is 9.59 Å². The van der Waals surface area contributed by atoms with Crippen LogP contribution in [-0.4, -0.2) is 51.4 Å².